The van der Waals surface area contributed by atoms with E-state index in [-0.39, 0.29) is 5.41 Å². The average Bonchev–Trinajstić information content (AvgIpc) is 3.73. The van der Waals surface area contributed by atoms with Crippen molar-refractivity contribution in [3.05, 3.63) is 258 Å². The fourth-order valence-corrected chi connectivity index (χ4v) is 10.2. The second-order valence-corrected chi connectivity index (χ2v) is 16.5. The van der Waals surface area contributed by atoms with Gasteiger partial charge in [0, 0.05) is 22.4 Å². The van der Waals surface area contributed by atoms with Crippen LogP contribution in [0.5, 0.6) is 0 Å². The molecule has 1 heteroatoms. The molecule has 0 aliphatic heterocycles. The lowest BCUT2D eigenvalue weighted by Crippen LogP contribution is -2.28. The Kier molecular flexibility index (Phi) is 8.13. The van der Waals surface area contributed by atoms with E-state index in [2.05, 4.69) is 243 Å². The molecule has 59 heavy (non-hydrogen) atoms. The Balaban J connectivity index is 1.18. The van der Waals surface area contributed by atoms with Crippen molar-refractivity contribution >= 4 is 17.1 Å². The maximum atomic E-state index is 2.51. The molecule has 0 heterocycles. The SMILES string of the molecule is CC1(C)c2ccccc2-c2ccc(N(c3ccc4c(c3)C(c3ccccc3)(c3ccccc3)c3ccccc3-4)c3ccccc3-c3cccc(-c4ccccc4)c3)cc21. The topological polar surface area (TPSA) is 3.24 Å². The van der Waals surface area contributed by atoms with Crippen LogP contribution in [0, 0.1) is 0 Å². The summed E-state index contributed by atoms with van der Waals surface area (Å²) in [5.41, 5.74) is 20.5. The molecule has 11 rings (SSSR count). The van der Waals surface area contributed by atoms with E-state index in [1.54, 1.807) is 0 Å². The lowest BCUT2D eigenvalue weighted by Gasteiger charge is -2.35. The van der Waals surface area contributed by atoms with E-state index in [0.29, 0.717) is 0 Å². The molecule has 0 fully saturated rings. The van der Waals surface area contributed by atoms with Gasteiger partial charge in [-0.3, -0.25) is 0 Å². The number of nitrogens with zero attached hydrogens (tertiary/aromatic N) is 1. The Morgan fingerprint density at radius 3 is 1.42 bits per heavy atom. The Bertz CT molecular complexity index is 2970. The third-order valence-corrected chi connectivity index (χ3v) is 13.0. The highest BCUT2D eigenvalue weighted by molar-refractivity contribution is 5.94. The molecule has 0 spiro atoms. The summed E-state index contributed by atoms with van der Waals surface area (Å²) in [6.45, 7) is 4.74. The molecule has 0 saturated heterocycles. The second kappa shape index (κ2) is 13.7. The molecule has 0 unspecified atom stereocenters. The molecule has 0 saturated carbocycles. The summed E-state index contributed by atoms with van der Waals surface area (Å²) in [6, 6.07) is 83.1. The van der Waals surface area contributed by atoms with E-state index in [1.165, 1.54) is 77.9 Å². The second-order valence-electron chi connectivity index (χ2n) is 16.5. The van der Waals surface area contributed by atoms with Gasteiger partial charge in [-0.1, -0.05) is 202 Å². The molecule has 9 aromatic rings. The van der Waals surface area contributed by atoms with Gasteiger partial charge in [-0.15, -0.1) is 0 Å². The van der Waals surface area contributed by atoms with Crippen LogP contribution in [-0.4, -0.2) is 0 Å². The van der Waals surface area contributed by atoms with Crippen molar-refractivity contribution < 1.29 is 0 Å². The fourth-order valence-electron chi connectivity index (χ4n) is 10.2. The van der Waals surface area contributed by atoms with Gasteiger partial charge in [0.15, 0.2) is 0 Å². The Hall–Kier alpha value is -7.22. The summed E-state index contributed by atoms with van der Waals surface area (Å²) in [4.78, 5) is 2.51. The molecule has 280 valence electrons. The highest BCUT2D eigenvalue weighted by Crippen LogP contribution is 2.58. The number of benzene rings is 9. The number of hydrogen-bond donors (Lipinski definition) is 0. The van der Waals surface area contributed by atoms with Crippen molar-refractivity contribution in [2.45, 2.75) is 24.7 Å². The number of rotatable bonds is 7. The monoisotopic (exact) mass is 753 g/mol. The highest BCUT2D eigenvalue weighted by atomic mass is 15.1. The summed E-state index contributed by atoms with van der Waals surface area (Å²) < 4.78 is 0. The van der Waals surface area contributed by atoms with Crippen LogP contribution in [-0.2, 0) is 10.8 Å². The third kappa shape index (κ3) is 5.39. The lowest BCUT2D eigenvalue weighted by molar-refractivity contribution is 0.660. The van der Waals surface area contributed by atoms with Crippen LogP contribution in [0.1, 0.15) is 47.2 Å². The van der Waals surface area contributed by atoms with Crippen LogP contribution in [0.3, 0.4) is 0 Å². The minimum Gasteiger partial charge on any atom is -0.310 e. The van der Waals surface area contributed by atoms with Crippen LogP contribution < -0.4 is 4.90 Å². The summed E-state index contributed by atoms with van der Waals surface area (Å²) >= 11 is 0. The zero-order valence-electron chi connectivity index (χ0n) is 33.3. The number of hydrogen-bond acceptors (Lipinski definition) is 1. The molecule has 0 bridgehead atoms. The largest absolute Gasteiger partial charge is 0.310 e. The smallest absolute Gasteiger partial charge is 0.0714 e. The van der Waals surface area contributed by atoms with Crippen molar-refractivity contribution in [3.63, 3.8) is 0 Å². The van der Waals surface area contributed by atoms with E-state index < -0.39 is 5.41 Å². The first-order chi connectivity index (χ1) is 29.0. The van der Waals surface area contributed by atoms with Crippen LogP contribution in [0.25, 0.3) is 44.5 Å². The van der Waals surface area contributed by atoms with Crippen LogP contribution in [0.4, 0.5) is 17.1 Å². The van der Waals surface area contributed by atoms with Gasteiger partial charge in [0.1, 0.15) is 0 Å². The van der Waals surface area contributed by atoms with E-state index >= 15 is 0 Å². The van der Waals surface area contributed by atoms with Gasteiger partial charge in [0.25, 0.3) is 0 Å². The van der Waals surface area contributed by atoms with Gasteiger partial charge >= 0.3 is 0 Å². The molecular formula is C58H43N. The maximum absolute atomic E-state index is 2.51. The van der Waals surface area contributed by atoms with Gasteiger partial charge in [-0.25, -0.2) is 0 Å². The lowest BCUT2D eigenvalue weighted by atomic mass is 9.67. The molecule has 0 atom stereocenters. The van der Waals surface area contributed by atoms with Crippen molar-refractivity contribution in [3.8, 4) is 44.5 Å². The van der Waals surface area contributed by atoms with Gasteiger partial charge < -0.3 is 4.90 Å². The minimum atomic E-state index is -0.513. The predicted octanol–water partition coefficient (Wildman–Crippen LogP) is 15.2. The summed E-state index contributed by atoms with van der Waals surface area (Å²) in [7, 11) is 0. The molecule has 2 aliphatic carbocycles. The van der Waals surface area contributed by atoms with Crippen molar-refractivity contribution in [2.24, 2.45) is 0 Å². The molecular weight excluding hydrogens is 711 g/mol. The molecule has 0 radical (unpaired) electrons. The molecule has 9 aromatic carbocycles. The van der Waals surface area contributed by atoms with Crippen molar-refractivity contribution in [1.29, 1.82) is 0 Å². The number of fused-ring (bicyclic) bond motifs is 6. The van der Waals surface area contributed by atoms with Crippen molar-refractivity contribution in [1.82, 2.24) is 0 Å². The zero-order valence-corrected chi connectivity index (χ0v) is 33.3. The molecule has 2 aliphatic rings. The first kappa shape index (κ1) is 35.0. The van der Waals surface area contributed by atoms with Crippen LogP contribution >= 0.6 is 0 Å². The van der Waals surface area contributed by atoms with E-state index in [4.69, 9.17) is 0 Å². The quantitative estimate of drug-likeness (QED) is 0.157. The minimum absolute atomic E-state index is 0.146. The first-order valence-corrected chi connectivity index (χ1v) is 20.7. The third-order valence-electron chi connectivity index (χ3n) is 13.0. The predicted molar refractivity (Wildman–Crippen MR) is 247 cm³/mol. The molecule has 1 nitrogen and oxygen atoms in total. The molecule has 0 N–H and O–H groups in total. The Morgan fingerprint density at radius 2 is 0.763 bits per heavy atom. The van der Waals surface area contributed by atoms with Gasteiger partial charge in [-0.2, -0.15) is 0 Å². The summed E-state index contributed by atoms with van der Waals surface area (Å²) in [6.07, 6.45) is 0. The normalized spacial score (nSPS) is 13.9. The average molecular weight is 754 g/mol. The van der Waals surface area contributed by atoms with Gasteiger partial charge in [-0.05, 0) is 109 Å². The van der Waals surface area contributed by atoms with E-state index in [0.717, 1.165) is 17.1 Å². The van der Waals surface area contributed by atoms with E-state index in [9.17, 15) is 0 Å². The van der Waals surface area contributed by atoms with Crippen molar-refractivity contribution in [2.75, 3.05) is 4.90 Å². The fraction of sp³-hybridized carbons (Fsp3) is 0.0690. The molecule has 0 amide bonds. The molecule has 0 aromatic heterocycles. The van der Waals surface area contributed by atoms with Gasteiger partial charge in [0.2, 0.25) is 0 Å². The zero-order chi connectivity index (χ0) is 39.6. The summed E-state index contributed by atoms with van der Waals surface area (Å²) in [5, 5.41) is 0. The first-order valence-electron chi connectivity index (χ1n) is 20.7. The van der Waals surface area contributed by atoms with Gasteiger partial charge in [0.05, 0.1) is 11.1 Å². The maximum Gasteiger partial charge on any atom is 0.0714 e. The summed E-state index contributed by atoms with van der Waals surface area (Å²) in [5.74, 6) is 0. The number of anilines is 3. The van der Waals surface area contributed by atoms with Crippen LogP contribution in [0.15, 0.2) is 224 Å². The van der Waals surface area contributed by atoms with E-state index in [1.807, 2.05) is 0 Å². The van der Waals surface area contributed by atoms with Crippen LogP contribution in [0.2, 0.25) is 0 Å². The number of para-hydroxylation sites is 1. The standard InChI is InChI=1S/C58H43N/c1-57(2)52-30-15-12-28-48(52)50-35-33-45(38-54(50)57)59(56-32-17-14-27-47(56)42-22-18-21-41(37-42)40-19-6-3-7-20-40)46-34-36-51-49-29-13-16-31-53(49)58(55(51)39-46,43-23-8-4-9-24-43)44-25-10-5-11-26-44/h3-39H,1-2H3. The highest BCUT2D eigenvalue weighted by Gasteiger charge is 2.46. The Morgan fingerprint density at radius 1 is 0.305 bits per heavy atom. The Labute approximate surface area is 347 Å².